The molecule has 2 nitrogen and oxygen atoms in total. The summed E-state index contributed by atoms with van der Waals surface area (Å²) in [5.74, 6) is 0.700. The highest BCUT2D eigenvalue weighted by Crippen LogP contribution is 2.17. The number of rotatable bonds is 7. The lowest BCUT2D eigenvalue weighted by Crippen LogP contribution is -2.14. The second-order valence-corrected chi connectivity index (χ2v) is 4.09. The van der Waals surface area contributed by atoms with Crippen molar-refractivity contribution in [2.24, 2.45) is 0 Å². The van der Waals surface area contributed by atoms with E-state index in [1.54, 1.807) is 24.3 Å². The van der Waals surface area contributed by atoms with Crippen molar-refractivity contribution >= 4 is 11.6 Å². The van der Waals surface area contributed by atoms with Crippen LogP contribution in [0.5, 0.6) is 5.75 Å². The lowest BCUT2D eigenvalue weighted by atomic mass is 10.2. The highest BCUT2D eigenvalue weighted by Gasteiger charge is 2.28. The van der Waals surface area contributed by atoms with Crippen LogP contribution in [0, 0.1) is 0 Å². The summed E-state index contributed by atoms with van der Waals surface area (Å²) in [6.07, 6.45) is -2.85. The number of halogens is 4. The van der Waals surface area contributed by atoms with E-state index in [2.05, 4.69) is 4.74 Å². The number of alkyl halides is 3. The maximum absolute atomic E-state index is 11.6. The van der Waals surface area contributed by atoms with Gasteiger partial charge in [0.1, 0.15) is 5.75 Å². The molecule has 1 aromatic carbocycles. The first-order chi connectivity index (χ1) is 8.47. The van der Waals surface area contributed by atoms with Crippen molar-refractivity contribution in [2.45, 2.75) is 25.6 Å². The Kier molecular flexibility index (Phi) is 6.29. The lowest BCUT2D eigenvalue weighted by molar-refractivity contribution is -0.324. The van der Waals surface area contributed by atoms with Gasteiger partial charge in [-0.2, -0.15) is 0 Å². The fourth-order valence-corrected chi connectivity index (χ4v) is 1.42. The molecule has 0 aliphatic carbocycles. The van der Waals surface area contributed by atoms with Gasteiger partial charge in [-0.05, 0) is 43.5 Å². The van der Waals surface area contributed by atoms with Gasteiger partial charge in [-0.25, -0.2) is 0 Å². The van der Waals surface area contributed by atoms with Crippen molar-refractivity contribution in [3.05, 3.63) is 29.3 Å². The molecule has 6 heteroatoms. The zero-order valence-corrected chi connectivity index (χ0v) is 10.4. The third kappa shape index (κ3) is 7.40. The van der Waals surface area contributed by atoms with Crippen LogP contribution in [-0.4, -0.2) is 19.6 Å². The minimum absolute atomic E-state index is 0.301. The minimum Gasteiger partial charge on any atom is -0.494 e. The van der Waals surface area contributed by atoms with Crippen molar-refractivity contribution in [1.82, 2.24) is 0 Å². The predicted molar refractivity (Wildman–Crippen MR) is 62.8 cm³/mol. The van der Waals surface area contributed by atoms with Crippen LogP contribution in [0.3, 0.4) is 0 Å². The number of benzene rings is 1. The predicted octanol–water partition coefficient (Wildman–Crippen LogP) is 4.43. The fraction of sp³-hybridized carbons (Fsp3) is 0.500. The van der Waals surface area contributed by atoms with Gasteiger partial charge in [0.15, 0.2) is 0 Å². The van der Waals surface area contributed by atoms with Crippen molar-refractivity contribution in [2.75, 3.05) is 13.2 Å². The van der Waals surface area contributed by atoms with Crippen LogP contribution >= 0.6 is 11.6 Å². The van der Waals surface area contributed by atoms with E-state index in [1.807, 2.05) is 0 Å². The molecule has 0 N–H and O–H groups in total. The smallest absolute Gasteiger partial charge is 0.494 e. The van der Waals surface area contributed by atoms with E-state index in [9.17, 15) is 13.2 Å². The van der Waals surface area contributed by atoms with Crippen LogP contribution in [0.2, 0.25) is 5.02 Å². The summed E-state index contributed by atoms with van der Waals surface area (Å²) in [6.45, 7) is 0.165. The lowest BCUT2D eigenvalue weighted by Gasteiger charge is -2.08. The Balaban J connectivity index is 2.00. The first-order valence-corrected chi connectivity index (χ1v) is 5.94. The van der Waals surface area contributed by atoms with Gasteiger partial charge in [0.05, 0.1) is 13.2 Å². The Hall–Kier alpha value is -0.940. The van der Waals surface area contributed by atoms with Crippen molar-refractivity contribution in [3.63, 3.8) is 0 Å². The molecule has 0 unspecified atom stereocenters. The highest BCUT2D eigenvalue weighted by molar-refractivity contribution is 6.30. The molecule has 0 spiro atoms. The summed E-state index contributed by atoms with van der Waals surface area (Å²) < 4.78 is 43.9. The second kappa shape index (κ2) is 7.48. The molecule has 0 heterocycles. The molecule has 0 bridgehead atoms. The number of unbranched alkanes of at least 4 members (excludes halogenated alkanes) is 2. The van der Waals surface area contributed by atoms with Gasteiger partial charge in [-0.15, -0.1) is 13.2 Å². The van der Waals surface area contributed by atoms with Crippen molar-refractivity contribution in [3.8, 4) is 5.75 Å². The maximum atomic E-state index is 11.6. The van der Waals surface area contributed by atoms with Gasteiger partial charge < -0.3 is 4.74 Å². The molecular formula is C12H14ClF3O2. The minimum atomic E-state index is -4.53. The molecule has 0 aliphatic rings. The van der Waals surface area contributed by atoms with Gasteiger partial charge in [-0.3, -0.25) is 4.74 Å². The molecule has 0 amide bonds. The molecule has 1 aromatic rings. The average molecular weight is 283 g/mol. The Morgan fingerprint density at radius 1 is 0.944 bits per heavy atom. The van der Waals surface area contributed by atoms with Gasteiger partial charge >= 0.3 is 6.36 Å². The third-order valence-corrected chi connectivity index (χ3v) is 2.39. The third-order valence-electron chi connectivity index (χ3n) is 2.14. The van der Waals surface area contributed by atoms with Gasteiger partial charge in [0, 0.05) is 5.02 Å². The molecule has 18 heavy (non-hydrogen) atoms. The fourth-order valence-electron chi connectivity index (χ4n) is 1.29. The molecule has 0 saturated carbocycles. The first kappa shape index (κ1) is 15.1. The van der Waals surface area contributed by atoms with Crippen LogP contribution in [0.4, 0.5) is 13.2 Å². The first-order valence-electron chi connectivity index (χ1n) is 5.56. The maximum Gasteiger partial charge on any atom is 0.522 e. The molecule has 102 valence electrons. The number of hydrogen-bond acceptors (Lipinski definition) is 2. The average Bonchev–Trinajstić information content (AvgIpc) is 2.29. The SMILES string of the molecule is FC(F)(F)OCCCCCOc1ccc(Cl)cc1. The van der Waals surface area contributed by atoms with E-state index in [0.29, 0.717) is 36.6 Å². The normalized spacial score (nSPS) is 11.6. The van der Waals surface area contributed by atoms with Crippen LogP contribution in [0.1, 0.15) is 19.3 Å². The topological polar surface area (TPSA) is 18.5 Å². The Bertz CT molecular complexity index is 338. The van der Waals surface area contributed by atoms with E-state index in [-0.39, 0.29) is 6.61 Å². The van der Waals surface area contributed by atoms with Crippen LogP contribution in [0.15, 0.2) is 24.3 Å². The van der Waals surface area contributed by atoms with E-state index < -0.39 is 6.36 Å². The van der Waals surface area contributed by atoms with E-state index in [0.717, 1.165) is 0 Å². The summed E-state index contributed by atoms with van der Waals surface area (Å²) >= 11 is 5.71. The standard InChI is InChI=1S/C12H14ClF3O2/c13-10-4-6-11(7-5-10)17-8-2-1-3-9-18-12(14,15)16/h4-7H,1-3,8-9H2. The highest BCUT2D eigenvalue weighted by atomic mass is 35.5. The Labute approximate surface area is 109 Å². The molecule has 0 fully saturated rings. The summed E-state index contributed by atoms with van der Waals surface area (Å²) in [7, 11) is 0. The molecular weight excluding hydrogens is 269 g/mol. The van der Waals surface area contributed by atoms with Gasteiger partial charge in [0.25, 0.3) is 0 Å². The van der Waals surface area contributed by atoms with E-state index in [4.69, 9.17) is 16.3 Å². The summed E-state index contributed by atoms with van der Waals surface area (Å²) in [6, 6.07) is 6.92. The van der Waals surface area contributed by atoms with Crippen molar-refractivity contribution in [1.29, 1.82) is 0 Å². The van der Waals surface area contributed by atoms with Crippen LogP contribution < -0.4 is 4.74 Å². The van der Waals surface area contributed by atoms with Gasteiger partial charge in [0.2, 0.25) is 0 Å². The molecule has 0 aliphatic heterocycles. The second-order valence-electron chi connectivity index (χ2n) is 3.66. The summed E-state index contributed by atoms with van der Waals surface area (Å²) in [4.78, 5) is 0. The largest absolute Gasteiger partial charge is 0.522 e. The molecule has 0 saturated heterocycles. The zero-order valence-electron chi connectivity index (χ0n) is 9.67. The Morgan fingerprint density at radius 3 is 2.17 bits per heavy atom. The zero-order chi connectivity index (χ0) is 13.4. The molecule has 0 radical (unpaired) electrons. The molecule has 0 aromatic heterocycles. The van der Waals surface area contributed by atoms with Crippen LogP contribution in [-0.2, 0) is 4.74 Å². The molecule has 0 atom stereocenters. The van der Waals surface area contributed by atoms with E-state index in [1.165, 1.54) is 0 Å². The summed E-state index contributed by atoms with van der Waals surface area (Å²) in [5.41, 5.74) is 0. The van der Waals surface area contributed by atoms with Crippen LogP contribution in [0.25, 0.3) is 0 Å². The molecule has 1 rings (SSSR count). The Morgan fingerprint density at radius 2 is 1.56 bits per heavy atom. The number of hydrogen-bond donors (Lipinski definition) is 0. The number of ether oxygens (including phenoxy) is 2. The van der Waals surface area contributed by atoms with Crippen molar-refractivity contribution < 1.29 is 22.6 Å². The summed E-state index contributed by atoms with van der Waals surface area (Å²) in [5, 5.41) is 0.631. The van der Waals surface area contributed by atoms with Gasteiger partial charge in [-0.1, -0.05) is 11.6 Å². The quantitative estimate of drug-likeness (QED) is 0.689. The monoisotopic (exact) mass is 282 g/mol. The van der Waals surface area contributed by atoms with E-state index >= 15 is 0 Å².